The quantitative estimate of drug-likeness (QED) is 0.245. The van der Waals surface area contributed by atoms with Crippen molar-refractivity contribution < 1.29 is 32.6 Å². The zero-order valence-electron chi connectivity index (χ0n) is 24.9. The molecule has 3 aliphatic rings. The number of carboxylic acids is 1. The van der Waals surface area contributed by atoms with E-state index < -0.39 is 29.0 Å². The third-order valence-electron chi connectivity index (χ3n) is 10.9. The molecular formula is C32H31F3N6O4. The molecule has 0 aliphatic heterocycles. The number of carbonyl (C=O) groups is 2. The smallest absolute Gasteiger partial charge is 0.416 e. The molecule has 10 nitrogen and oxygen atoms in total. The molecule has 234 valence electrons. The Kier molecular flexibility index (Phi) is 6.08. The maximum absolute atomic E-state index is 13.2. The number of nitrogens with zero attached hydrogens (tertiary/aromatic N) is 4. The van der Waals surface area contributed by atoms with Crippen molar-refractivity contribution in [3.05, 3.63) is 65.9 Å². The van der Waals surface area contributed by atoms with E-state index in [-0.39, 0.29) is 58.8 Å². The molecule has 3 saturated carbocycles. The Balaban J connectivity index is 1.28. The van der Waals surface area contributed by atoms with E-state index in [1.54, 1.807) is 19.2 Å². The lowest BCUT2D eigenvalue weighted by molar-refractivity contribution is -0.381. The van der Waals surface area contributed by atoms with Crippen LogP contribution >= 0.6 is 0 Å². The topological polar surface area (TPSA) is 145 Å². The number of imidazole rings is 1. The number of carboxylic acid groups (broad SMARTS) is 1. The molecule has 13 heteroatoms. The van der Waals surface area contributed by atoms with E-state index >= 15 is 0 Å². The van der Waals surface area contributed by atoms with Crippen molar-refractivity contribution in [1.82, 2.24) is 19.4 Å². The second-order valence-electron chi connectivity index (χ2n) is 12.5. The van der Waals surface area contributed by atoms with Gasteiger partial charge in [0.15, 0.2) is 0 Å². The number of nitrogen functional groups attached to an aromatic ring is 1. The van der Waals surface area contributed by atoms with Gasteiger partial charge in [-0.25, -0.2) is 15.0 Å². The normalized spacial score (nSPS) is 29.6. The number of benzene rings is 1. The van der Waals surface area contributed by atoms with Crippen LogP contribution < -0.4 is 15.8 Å². The number of hydrogen-bond donors (Lipinski definition) is 3. The monoisotopic (exact) mass is 620 g/mol. The molecule has 4 aromatic rings. The van der Waals surface area contributed by atoms with Gasteiger partial charge < -0.3 is 20.9 Å². The Morgan fingerprint density at radius 3 is 2.42 bits per heavy atom. The standard InChI is InChI=1S/C32H31F3N6O4/c1-5-45-19-12-16(27(42)39-20-13-17(8-9-37-20)32(33,34)35)6-7-18(19)24-25-26(36)38-10-11-41(25)28(40-24)31-14(2)21-23(31)22(15(31)3)30(21,4)29(43)44/h6-15,21-23H,5H2,1-4H3,(H2,36,38)(H,43,44)(H,37,39,42). The number of anilines is 2. The fourth-order valence-corrected chi connectivity index (χ4v) is 9.10. The van der Waals surface area contributed by atoms with E-state index in [2.05, 4.69) is 29.1 Å². The first-order valence-corrected chi connectivity index (χ1v) is 14.8. The molecular weight excluding hydrogens is 589 g/mol. The Hall–Kier alpha value is -4.68. The molecule has 0 radical (unpaired) electrons. The number of aromatic nitrogens is 4. The molecule has 0 saturated heterocycles. The van der Waals surface area contributed by atoms with Crippen LogP contribution in [0.4, 0.5) is 24.8 Å². The van der Waals surface area contributed by atoms with Crippen LogP contribution in [0.25, 0.3) is 16.8 Å². The third kappa shape index (κ3) is 3.60. The summed E-state index contributed by atoms with van der Waals surface area (Å²) in [6, 6.07) is 6.30. The highest BCUT2D eigenvalue weighted by atomic mass is 19.4. The van der Waals surface area contributed by atoms with E-state index in [9.17, 15) is 27.9 Å². The van der Waals surface area contributed by atoms with Gasteiger partial charge in [0.1, 0.15) is 34.4 Å². The van der Waals surface area contributed by atoms with E-state index in [0.717, 1.165) is 24.2 Å². The van der Waals surface area contributed by atoms with Crippen LogP contribution in [0.3, 0.4) is 0 Å². The highest BCUT2D eigenvalue weighted by Crippen LogP contribution is 2.87. The third-order valence-corrected chi connectivity index (χ3v) is 10.9. The number of rotatable bonds is 7. The maximum Gasteiger partial charge on any atom is 0.416 e. The fraction of sp³-hybridized carbons (Fsp3) is 0.406. The van der Waals surface area contributed by atoms with E-state index in [1.165, 1.54) is 12.1 Å². The number of nitrogens with one attached hydrogen (secondary N) is 1. The number of hydrogen-bond acceptors (Lipinski definition) is 7. The second kappa shape index (κ2) is 9.41. The first-order chi connectivity index (χ1) is 21.3. The van der Waals surface area contributed by atoms with Gasteiger partial charge in [-0.1, -0.05) is 13.8 Å². The molecule has 3 heterocycles. The van der Waals surface area contributed by atoms with Gasteiger partial charge in [0, 0.05) is 35.1 Å². The van der Waals surface area contributed by atoms with E-state index in [1.807, 2.05) is 17.5 Å². The summed E-state index contributed by atoms with van der Waals surface area (Å²) < 4.78 is 47.4. The molecule has 3 aromatic heterocycles. The zero-order chi connectivity index (χ0) is 32.2. The number of alkyl halides is 3. The highest BCUT2D eigenvalue weighted by molar-refractivity contribution is 6.04. The Labute approximate surface area is 255 Å². The SMILES string of the molecule is CCOc1cc(C(=O)Nc2cc(C(F)(F)F)ccn2)ccc1-c1nc(C23C(C)C4C2C(C3C)C4(C)C(=O)O)n2ccnc(N)c12. The van der Waals surface area contributed by atoms with Crippen molar-refractivity contribution >= 4 is 29.0 Å². The second-order valence-corrected chi connectivity index (χ2v) is 12.5. The summed E-state index contributed by atoms with van der Waals surface area (Å²) in [5.74, 6) is 0.145. The summed E-state index contributed by atoms with van der Waals surface area (Å²) in [7, 11) is 0. The number of carbonyl (C=O) groups excluding carboxylic acids is 1. The summed E-state index contributed by atoms with van der Waals surface area (Å²) in [6.07, 6.45) is -0.184. The first kappa shape index (κ1) is 29.1. The molecule has 1 aromatic carbocycles. The lowest BCUT2D eigenvalue weighted by Crippen LogP contribution is -2.89. The minimum absolute atomic E-state index is 0.0503. The number of aliphatic carboxylic acids is 1. The van der Waals surface area contributed by atoms with Crippen LogP contribution in [0.5, 0.6) is 5.75 Å². The molecule has 0 spiro atoms. The lowest BCUT2D eigenvalue weighted by Gasteiger charge is -2.87. The van der Waals surface area contributed by atoms with Crippen molar-refractivity contribution in [3.63, 3.8) is 0 Å². The van der Waals surface area contributed by atoms with Gasteiger partial charge in [-0.05, 0) is 73.8 Å². The molecule has 45 heavy (non-hydrogen) atoms. The molecule has 3 aliphatic carbocycles. The molecule has 3 fully saturated rings. The summed E-state index contributed by atoms with van der Waals surface area (Å²) >= 11 is 0. The van der Waals surface area contributed by atoms with Gasteiger partial charge in [-0.2, -0.15) is 13.2 Å². The predicted octanol–water partition coefficient (Wildman–Crippen LogP) is 5.53. The average molecular weight is 621 g/mol. The summed E-state index contributed by atoms with van der Waals surface area (Å²) in [6.45, 7) is 8.13. The van der Waals surface area contributed by atoms with Gasteiger partial charge in [0.2, 0.25) is 0 Å². The van der Waals surface area contributed by atoms with Gasteiger partial charge in [-0.3, -0.25) is 14.0 Å². The molecule has 7 rings (SSSR count). The Morgan fingerprint density at radius 1 is 1.09 bits per heavy atom. The van der Waals surface area contributed by atoms with Crippen LogP contribution in [0.1, 0.15) is 49.4 Å². The number of halogens is 3. The van der Waals surface area contributed by atoms with Crippen LogP contribution in [-0.2, 0) is 16.4 Å². The minimum atomic E-state index is -4.58. The largest absolute Gasteiger partial charge is 0.493 e. The van der Waals surface area contributed by atoms with Crippen molar-refractivity contribution in [1.29, 1.82) is 0 Å². The van der Waals surface area contributed by atoms with Gasteiger partial charge in [-0.15, -0.1) is 0 Å². The predicted molar refractivity (Wildman–Crippen MR) is 157 cm³/mol. The number of nitrogens with two attached hydrogens (primary N) is 1. The van der Waals surface area contributed by atoms with Crippen LogP contribution in [-0.4, -0.2) is 42.9 Å². The average Bonchev–Trinajstić information content (AvgIpc) is 3.36. The molecule has 4 atom stereocenters. The van der Waals surface area contributed by atoms with Gasteiger partial charge in [0.25, 0.3) is 5.91 Å². The van der Waals surface area contributed by atoms with Crippen molar-refractivity contribution in [2.24, 2.45) is 35.0 Å². The van der Waals surface area contributed by atoms with Crippen LogP contribution in [0.2, 0.25) is 0 Å². The van der Waals surface area contributed by atoms with Gasteiger partial charge in [0.05, 0.1) is 17.6 Å². The number of pyridine rings is 1. The molecule has 4 N–H and O–H groups in total. The first-order valence-electron chi connectivity index (χ1n) is 14.8. The summed E-state index contributed by atoms with van der Waals surface area (Å²) in [5, 5.41) is 12.5. The maximum atomic E-state index is 13.2. The van der Waals surface area contributed by atoms with Crippen molar-refractivity contribution in [3.8, 4) is 17.0 Å². The lowest BCUT2D eigenvalue weighted by atomic mass is 9.15. The van der Waals surface area contributed by atoms with Crippen molar-refractivity contribution in [2.75, 3.05) is 17.7 Å². The van der Waals surface area contributed by atoms with E-state index in [4.69, 9.17) is 15.5 Å². The Bertz CT molecular complexity index is 1870. The summed E-state index contributed by atoms with van der Waals surface area (Å²) in [5.41, 5.74) is 6.19. The molecule has 0 bridgehead atoms. The number of ether oxygens (including phenoxy) is 1. The highest BCUT2D eigenvalue weighted by Gasteiger charge is 2.90. The molecule has 1 amide bonds. The number of fused-ring (bicyclic) bond motifs is 1. The van der Waals surface area contributed by atoms with Gasteiger partial charge >= 0.3 is 12.1 Å². The fourth-order valence-electron chi connectivity index (χ4n) is 9.10. The zero-order valence-corrected chi connectivity index (χ0v) is 24.9. The van der Waals surface area contributed by atoms with Crippen LogP contribution in [0, 0.1) is 35.0 Å². The van der Waals surface area contributed by atoms with E-state index in [0.29, 0.717) is 22.5 Å². The van der Waals surface area contributed by atoms with Crippen LogP contribution in [0.15, 0.2) is 48.9 Å². The Morgan fingerprint density at radius 2 is 1.80 bits per heavy atom. The van der Waals surface area contributed by atoms with Crippen molar-refractivity contribution in [2.45, 2.75) is 39.3 Å². The summed E-state index contributed by atoms with van der Waals surface area (Å²) in [4.78, 5) is 38.7. The molecule has 4 unspecified atom stereocenters. The number of amides is 1. The minimum Gasteiger partial charge on any atom is -0.493 e.